The van der Waals surface area contributed by atoms with Crippen molar-refractivity contribution in [1.82, 2.24) is 5.32 Å². The van der Waals surface area contributed by atoms with Crippen molar-refractivity contribution in [2.24, 2.45) is 0 Å². The van der Waals surface area contributed by atoms with Crippen molar-refractivity contribution in [3.63, 3.8) is 0 Å². The molecule has 1 atom stereocenters. The van der Waals surface area contributed by atoms with Crippen LogP contribution in [0.3, 0.4) is 0 Å². The number of methoxy groups -OCH3 is 1. The number of rotatable bonds is 7. The Kier molecular flexibility index (Phi) is 5.01. The Morgan fingerprint density at radius 3 is 2.88 bits per heavy atom. The van der Waals surface area contributed by atoms with Gasteiger partial charge in [-0.1, -0.05) is 11.3 Å². The average Bonchev–Trinajstić information content (AvgIpc) is 2.73. The zero-order valence-electron chi connectivity index (χ0n) is 9.08. The van der Waals surface area contributed by atoms with Crippen LogP contribution in [0, 0.1) is 10.1 Å². The van der Waals surface area contributed by atoms with Gasteiger partial charge in [-0.2, -0.15) is 0 Å². The number of ether oxygens (including phenoxy) is 1. The second kappa shape index (κ2) is 6.28. The predicted molar refractivity (Wildman–Crippen MR) is 61.2 cm³/mol. The van der Waals surface area contributed by atoms with Crippen LogP contribution in [0.15, 0.2) is 12.1 Å². The highest BCUT2D eigenvalue weighted by Gasteiger charge is 2.23. The summed E-state index contributed by atoms with van der Waals surface area (Å²) in [5.41, 5.74) is 0. The SMILES string of the molecule is COCCNC(C(=O)O)c1ccc([N+](=O)[O-])s1. The minimum atomic E-state index is -1.07. The van der Waals surface area contributed by atoms with Crippen molar-refractivity contribution in [2.75, 3.05) is 20.3 Å². The number of nitro groups is 1. The van der Waals surface area contributed by atoms with Crippen LogP contribution in [0.2, 0.25) is 0 Å². The molecule has 0 aliphatic heterocycles. The monoisotopic (exact) mass is 260 g/mol. The van der Waals surface area contributed by atoms with E-state index in [-0.39, 0.29) is 5.00 Å². The Morgan fingerprint density at radius 1 is 1.71 bits per heavy atom. The number of carboxylic acids is 1. The van der Waals surface area contributed by atoms with Crippen molar-refractivity contribution < 1.29 is 19.6 Å². The molecule has 0 aromatic carbocycles. The molecular weight excluding hydrogens is 248 g/mol. The van der Waals surface area contributed by atoms with Gasteiger partial charge in [0.15, 0.2) is 0 Å². The summed E-state index contributed by atoms with van der Waals surface area (Å²) in [6, 6.07) is 1.80. The van der Waals surface area contributed by atoms with Crippen molar-refractivity contribution >= 4 is 22.3 Å². The molecule has 94 valence electrons. The summed E-state index contributed by atoms with van der Waals surface area (Å²) in [5.74, 6) is -1.07. The molecule has 0 spiro atoms. The third-order valence-corrected chi connectivity index (χ3v) is 3.08. The second-order valence-electron chi connectivity index (χ2n) is 3.15. The molecule has 1 heterocycles. The summed E-state index contributed by atoms with van der Waals surface area (Å²) < 4.78 is 4.79. The summed E-state index contributed by atoms with van der Waals surface area (Å²) in [6.07, 6.45) is 0. The minimum absolute atomic E-state index is 0.0696. The second-order valence-corrected chi connectivity index (χ2v) is 4.25. The van der Waals surface area contributed by atoms with Gasteiger partial charge in [0.25, 0.3) is 0 Å². The Balaban J connectivity index is 2.75. The molecule has 0 bridgehead atoms. The lowest BCUT2D eigenvalue weighted by atomic mass is 10.2. The van der Waals surface area contributed by atoms with E-state index in [2.05, 4.69) is 5.32 Å². The van der Waals surface area contributed by atoms with Crippen LogP contribution < -0.4 is 5.32 Å². The summed E-state index contributed by atoms with van der Waals surface area (Å²) in [7, 11) is 1.51. The van der Waals surface area contributed by atoms with Gasteiger partial charge in [-0.05, 0) is 6.07 Å². The normalized spacial score (nSPS) is 12.3. The Morgan fingerprint density at radius 2 is 2.41 bits per heavy atom. The highest BCUT2D eigenvalue weighted by Crippen LogP contribution is 2.28. The number of nitrogens with one attached hydrogen (secondary N) is 1. The number of thiophene rings is 1. The predicted octanol–water partition coefficient (Wildman–Crippen LogP) is 1.02. The zero-order chi connectivity index (χ0) is 12.8. The van der Waals surface area contributed by atoms with Gasteiger partial charge in [-0.15, -0.1) is 0 Å². The maximum Gasteiger partial charge on any atom is 0.326 e. The van der Waals surface area contributed by atoms with E-state index in [4.69, 9.17) is 9.84 Å². The molecule has 0 aliphatic carbocycles. The van der Waals surface area contributed by atoms with Crippen molar-refractivity contribution in [3.8, 4) is 0 Å². The quantitative estimate of drug-likeness (QED) is 0.431. The first-order valence-electron chi connectivity index (χ1n) is 4.75. The molecule has 2 N–H and O–H groups in total. The molecule has 0 radical (unpaired) electrons. The van der Waals surface area contributed by atoms with E-state index in [1.807, 2.05) is 0 Å². The summed E-state index contributed by atoms with van der Waals surface area (Å²) in [4.78, 5) is 21.4. The first kappa shape index (κ1) is 13.6. The van der Waals surface area contributed by atoms with E-state index in [9.17, 15) is 14.9 Å². The van der Waals surface area contributed by atoms with Gasteiger partial charge in [-0.25, -0.2) is 0 Å². The van der Waals surface area contributed by atoms with Crippen molar-refractivity contribution in [3.05, 3.63) is 27.1 Å². The Bertz CT molecular complexity index is 406. The molecule has 1 aromatic rings. The zero-order valence-corrected chi connectivity index (χ0v) is 9.90. The van der Waals surface area contributed by atoms with Crippen molar-refractivity contribution in [1.29, 1.82) is 0 Å². The van der Waals surface area contributed by atoms with E-state index in [0.29, 0.717) is 18.0 Å². The molecular formula is C9H12N2O5S. The largest absolute Gasteiger partial charge is 0.480 e. The smallest absolute Gasteiger partial charge is 0.326 e. The molecule has 0 aliphatic rings. The van der Waals surface area contributed by atoms with E-state index in [1.54, 1.807) is 0 Å². The topological polar surface area (TPSA) is 102 Å². The summed E-state index contributed by atoms with van der Waals surface area (Å²) in [6.45, 7) is 0.733. The molecule has 0 saturated heterocycles. The Labute approximate surface area is 101 Å². The molecule has 1 aromatic heterocycles. The van der Waals surface area contributed by atoms with Crippen LogP contribution in [0.4, 0.5) is 5.00 Å². The molecule has 8 heteroatoms. The Hall–Kier alpha value is -1.51. The van der Waals surface area contributed by atoms with Gasteiger partial charge in [0.05, 0.1) is 11.5 Å². The molecule has 0 amide bonds. The van der Waals surface area contributed by atoms with Gasteiger partial charge in [0, 0.05) is 24.6 Å². The van der Waals surface area contributed by atoms with E-state index in [1.165, 1.54) is 19.2 Å². The van der Waals surface area contributed by atoms with Crippen molar-refractivity contribution in [2.45, 2.75) is 6.04 Å². The maximum absolute atomic E-state index is 11.0. The number of hydrogen-bond acceptors (Lipinski definition) is 6. The van der Waals surface area contributed by atoms with Gasteiger partial charge >= 0.3 is 11.0 Å². The molecule has 1 unspecified atom stereocenters. The number of hydrogen-bond donors (Lipinski definition) is 2. The van der Waals surface area contributed by atoms with Crippen LogP contribution in [-0.2, 0) is 9.53 Å². The lowest BCUT2D eigenvalue weighted by Gasteiger charge is -2.11. The summed E-state index contributed by atoms with van der Waals surface area (Å²) in [5, 5.41) is 22.2. The molecule has 0 saturated carbocycles. The van der Waals surface area contributed by atoms with E-state index >= 15 is 0 Å². The highest BCUT2D eigenvalue weighted by molar-refractivity contribution is 7.15. The van der Waals surface area contributed by atoms with Crippen LogP contribution in [0.25, 0.3) is 0 Å². The highest BCUT2D eigenvalue weighted by atomic mass is 32.1. The first-order valence-corrected chi connectivity index (χ1v) is 5.57. The number of carboxylic acid groups (broad SMARTS) is 1. The number of aliphatic carboxylic acids is 1. The van der Waals surface area contributed by atoms with Gasteiger partial charge in [-0.3, -0.25) is 20.2 Å². The average molecular weight is 260 g/mol. The third kappa shape index (κ3) is 3.77. The lowest BCUT2D eigenvalue weighted by molar-refractivity contribution is -0.380. The van der Waals surface area contributed by atoms with Crippen LogP contribution >= 0.6 is 11.3 Å². The number of carbonyl (C=O) groups is 1. The lowest BCUT2D eigenvalue weighted by Crippen LogP contribution is -2.30. The fourth-order valence-corrected chi connectivity index (χ4v) is 2.10. The molecule has 1 rings (SSSR count). The fraction of sp³-hybridized carbons (Fsp3) is 0.444. The molecule has 7 nitrogen and oxygen atoms in total. The summed E-state index contributed by atoms with van der Waals surface area (Å²) >= 11 is 0.852. The third-order valence-electron chi connectivity index (χ3n) is 1.98. The van der Waals surface area contributed by atoms with Crippen LogP contribution in [0.1, 0.15) is 10.9 Å². The van der Waals surface area contributed by atoms with Gasteiger partial charge in [0.1, 0.15) is 6.04 Å². The number of nitrogens with zero attached hydrogens (tertiary/aromatic N) is 1. The van der Waals surface area contributed by atoms with E-state index in [0.717, 1.165) is 11.3 Å². The van der Waals surface area contributed by atoms with Gasteiger partial charge < -0.3 is 9.84 Å². The van der Waals surface area contributed by atoms with Crippen LogP contribution in [0.5, 0.6) is 0 Å². The minimum Gasteiger partial charge on any atom is -0.480 e. The fourth-order valence-electron chi connectivity index (χ4n) is 1.21. The molecule has 0 fully saturated rings. The standard InChI is InChI=1S/C9H12N2O5S/c1-16-5-4-10-8(9(12)13)6-2-3-7(17-6)11(14)15/h2-3,8,10H,4-5H2,1H3,(H,12,13). The maximum atomic E-state index is 11.0. The first-order chi connectivity index (χ1) is 8.06. The van der Waals surface area contributed by atoms with E-state index < -0.39 is 16.9 Å². The van der Waals surface area contributed by atoms with Gasteiger partial charge in [0.2, 0.25) is 0 Å². The van der Waals surface area contributed by atoms with Crippen LogP contribution in [-0.4, -0.2) is 36.3 Å². The molecule has 17 heavy (non-hydrogen) atoms.